The Labute approximate surface area is 79.3 Å². The van der Waals surface area contributed by atoms with Crippen LogP contribution in [0.4, 0.5) is 0 Å². The second kappa shape index (κ2) is 4.33. The molecule has 2 nitrogen and oxygen atoms in total. The van der Waals surface area contributed by atoms with E-state index >= 15 is 0 Å². The standard InChI is InChI=1S/C6H10N2S3/c1-4(9-2)5-6(10-3)11-8-7-5/h4H,1-3H3. The number of hydrogen-bond acceptors (Lipinski definition) is 5. The normalized spacial score (nSPS) is 13.4. The molecule has 62 valence electrons. The SMILES string of the molecule is CSc1snnc1C(C)SC. The average molecular weight is 206 g/mol. The Morgan fingerprint density at radius 1 is 1.45 bits per heavy atom. The van der Waals surface area contributed by atoms with Crippen molar-refractivity contribution in [3.05, 3.63) is 5.69 Å². The fourth-order valence-corrected chi connectivity index (χ4v) is 2.57. The number of rotatable bonds is 3. The summed E-state index contributed by atoms with van der Waals surface area (Å²) in [5.41, 5.74) is 1.13. The van der Waals surface area contributed by atoms with Crippen molar-refractivity contribution in [2.24, 2.45) is 0 Å². The Hall–Kier alpha value is 0.260. The van der Waals surface area contributed by atoms with Gasteiger partial charge in [0.15, 0.2) is 0 Å². The molecule has 1 aromatic rings. The summed E-state index contributed by atoms with van der Waals surface area (Å²) in [5, 5.41) is 4.55. The van der Waals surface area contributed by atoms with Crippen molar-refractivity contribution in [3.63, 3.8) is 0 Å². The van der Waals surface area contributed by atoms with Gasteiger partial charge in [0.2, 0.25) is 0 Å². The molecule has 5 heteroatoms. The van der Waals surface area contributed by atoms with E-state index in [1.165, 1.54) is 15.7 Å². The van der Waals surface area contributed by atoms with Crippen LogP contribution in [0.25, 0.3) is 0 Å². The molecular formula is C6H10N2S3. The van der Waals surface area contributed by atoms with Gasteiger partial charge in [0.05, 0.1) is 0 Å². The summed E-state index contributed by atoms with van der Waals surface area (Å²) in [4.78, 5) is 0. The van der Waals surface area contributed by atoms with E-state index in [1.807, 2.05) is 0 Å². The lowest BCUT2D eigenvalue weighted by Crippen LogP contribution is -1.89. The molecule has 1 rings (SSSR count). The van der Waals surface area contributed by atoms with Gasteiger partial charge in [-0.15, -0.1) is 16.9 Å². The van der Waals surface area contributed by atoms with Crippen molar-refractivity contribution in [1.82, 2.24) is 9.59 Å². The van der Waals surface area contributed by atoms with Crippen molar-refractivity contribution < 1.29 is 0 Å². The molecule has 0 bridgehead atoms. The van der Waals surface area contributed by atoms with Gasteiger partial charge >= 0.3 is 0 Å². The van der Waals surface area contributed by atoms with Crippen LogP contribution in [-0.2, 0) is 0 Å². The molecule has 0 amide bonds. The fraction of sp³-hybridized carbons (Fsp3) is 0.667. The van der Waals surface area contributed by atoms with Crippen LogP contribution in [0, 0.1) is 0 Å². The summed E-state index contributed by atoms with van der Waals surface area (Å²) < 4.78 is 5.16. The van der Waals surface area contributed by atoms with Gasteiger partial charge in [-0.05, 0) is 31.0 Å². The Bertz CT molecular complexity index is 223. The Balaban J connectivity index is 2.83. The minimum atomic E-state index is 0.469. The minimum absolute atomic E-state index is 0.469. The van der Waals surface area contributed by atoms with Crippen LogP contribution >= 0.6 is 35.1 Å². The third kappa shape index (κ3) is 2.10. The molecule has 0 aliphatic rings. The topological polar surface area (TPSA) is 25.8 Å². The molecule has 0 saturated heterocycles. The predicted octanol–water partition coefficient (Wildman–Crippen LogP) is 2.68. The monoisotopic (exact) mass is 206 g/mol. The maximum Gasteiger partial charge on any atom is 0.105 e. The summed E-state index contributed by atoms with van der Waals surface area (Å²) in [6.45, 7) is 2.15. The third-order valence-corrected chi connectivity index (χ3v) is 4.18. The van der Waals surface area contributed by atoms with E-state index in [9.17, 15) is 0 Å². The molecule has 0 saturated carbocycles. The lowest BCUT2D eigenvalue weighted by atomic mass is 10.4. The summed E-state index contributed by atoms with van der Waals surface area (Å²) in [6.07, 6.45) is 4.15. The lowest BCUT2D eigenvalue weighted by Gasteiger charge is -2.03. The molecule has 1 atom stereocenters. The minimum Gasteiger partial charge on any atom is -0.156 e. The van der Waals surface area contributed by atoms with E-state index in [0.29, 0.717) is 5.25 Å². The largest absolute Gasteiger partial charge is 0.156 e. The highest BCUT2D eigenvalue weighted by atomic mass is 32.2. The number of thioether (sulfide) groups is 2. The summed E-state index contributed by atoms with van der Waals surface area (Å²) in [5.74, 6) is 0. The zero-order valence-corrected chi connectivity index (χ0v) is 9.15. The van der Waals surface area contributed by atoms with Crippen LogP contribution in [0.2, 0.25) is 0 Å². The average Bonchev–Trinajstić information content (AvgIpc) is 2.50. The van der Waals surface area contributed by atoms with E-state index in [2.05, 4.69) is 29.0 Å². The molecular weight excluding hydrogens is 196 g/mol. The predicted molar refractivity (Wildman–Crippen MR) is 53.6 cm³/mol. The number of nitrogens with zero attached hydrogens (tertiary/aromatic N) is 2. The van der Waals surface area contributed by atoms with E-state index < -0.39 is 0 Å². The smallest absolute Gasteiger partial charge is 0.105 e. The van der Waals surface area contributed by atoms with Crippen molar-refractivity contribution >= 4 is 35.1 Å². The third-order valence-electron chi connectivity index (χ3n) is 1.41. The molecule has 0 spiro atoms. The summed E-state index contributed by atoms with van der Waals surface area (Å²) >= 11 is 5.01. The van der Waals surface area contributed by atoms with Gasteiger partial charge < -0.3 is 0 Å². The van der Waals surface area contributed by atoms with Crippen LogP contribution in [0.5, 0.6) is 0 Å². The molecule has 0 radical (unpaired) electrons. The lowest BCUT2D eigenvalue weighted by molar-refractivity contribution is 0.948. The Morgan fingerprint density at radius 2 is 2.18 bits per heavy atom. The van der Waals surface area contributed by atoms with Crippen molar-refractivity contribution in [3.8, 4) is 0 Å². The number of aromatic nitrogens is 2. The van der Waals surface area contributed by atoms with Crippen molar-refractivity contribution in [2.75, 3.05) is 12.5 Å². The Kier molecular flexibility index (Phi) is 3.68. The molecule has 1 aromatic heterocycles. The van der Waals surface area contributed by atoms with Gasteiger partial charge in [-0.1, -0.05) is 4.49 Å². The van der Waals surface area contributed by atoms with Crippen LogP contribution in [-0.4, -0.2) is 22.1 Å². The molecule has 0 fully saturated rings. The molecule has 11 heavy (non-hydrogen) atoms. The summed E-state index contributed by atoms with van der Waals surface area (Å²) in [6, 6.07) is 0. The zero-order chi connectivity index (χ0) is 8.27. The Morgan fingerprint density at radius 3 is 2.73 bits per heavy atom. The molecule has 0 aliphatic carbocycles. The summed E-state index contributed by atoms with van der Waals surface area (Å²) in [7, 11) is 0. The maximum atomic E-state index is 4.08. The first-order valence-corrected chi connectivity index (χ1v) is 6.47. The van der Waals surface area contributed by atoms with Gasteiger partial charge in [-0.3, -0.25) is 0 Å². The fourth-order valence-electron chi connectivity index (χ4n) is 0.690. The zero-order valence-electron chi connectivity index (χ0n) is 6.70. The van der Waals surface area contributed by atoms with Crippen molar-refractivity contribution in [1.29, 1.82) is 0 Å². The molecule has 1 heterocycles. The van der Waals surface area contributed by atoms with Crippen LogP contribution < -0.4 is 0 Å². The first-order chi connectivity index (χ1) is 5.29. The maximum absolute atomic E-state index is 4.08. The van der Waals surface area contributed by atoms with Gasteiger partial charge in [0.25, 0.3) is 0 Å². The first-order valence-electron chi connectivity index (χ1n) is 3.18. The molecule has 0 N–H and O–H groups in total. The van der Waals surface area contributed by atoms with Crippen molar-refractivity contribution in [2.45, 2.75) is 16.4 Å². The van der Waals surface area contributed by atoms with Crippen LogP contribution in [0.15, 0.2) is 4.21 Å². The van der Waals surface area contributed by atoms with E-state index in [0.717, 1.165) is 5.69 Å². The highest BCUT2D eigenvalue weighted by molar-refractivity contribution is 8.00. The van der Waals surface area contributed by atoms with E-state index in [-0.39, 0.29) is 0 Å². The van der Waals surface area contributed by atoms with E-state index in [1.54, 1.807) is 23.5 Å². The molecule has 0 aliphatic heterocycles. The second-order valence-corrected chi connectivity index (χ2v) is 5.04. The molecule has 0 aromatic carbocycles. The number of hydrogen-bond donors (Lipinski definition) is 0. The van der Waals surface area contributed by atoms with Gasteiger partial charge in [0.1, 0.15) is 9.90 Å². The van der Waals surface area contributed by atoms with Crippen LogP contribution in [0.3, 0.4) is 0 Å². The van der Waals surface area contributed by atoms with Gasteiger partial charge in [-0.2, -0.15) is 11.8 Å². The quantitative estimate of drug-likeness (QED) is 0.710. The first kappa shape index (κ1) is 9.35. The van der Waals surface area contributed by atoms with Crippen LogP contribution in [0.1, 0.15) is 17.9 Å². The highest BCUT2D eigenvalue weighted by Crippen LogP contribution is 2.33. The second-order valence-electron chi connectivity index (χ2n) is 2.03. The van der Waals surface area contributed by atoms with E-state index in [4.69, 9.17) is 0 Å². The highest BCUT2D eigenvalue weighted by Gasteiger charge is 2.12. The molecule has 1 unspecified atom stereocenters. The van der Waals surface area contributed by atoms with Gasteiger partial charge in [0, 0.05) is 5.25 Å². The van der Waals surface area contributed by atoms with Gasteiger partial charge in [-0.25, -0.2) is 0 Å².